The Morgan fingerprint density at radius 1 is 0.905 bits per heavy atom. The molecule has 10 atom stereocenters. The number of hydrogen-bond donors (Lipinski definition) is 0. The molecule has 2 unspecified atom stereocenters. The van der Waals surface area contributed by atoms with Gasteiger partial charge in [0.2, 0.25) is 0 Å². The van der Waals surface area contributed by atoms with Gasteiger partial charge in [0.05, 0.1) is 12.1 Å². The molecule has 6 saturated carbocycles. The van der Waals surface area contributed by atoms with Crippen LogP contribution in [0.1, 0.15) is 31.3 Å². The quantitative estimate of drug-likeness (QED) is 0.690. The van der Waals surface area contributed by atoms with Gasteiger partial charge in [-0.3, -0.25) is 0 Å². The Kier molecular flexibility index (Phi) is 0.979. The molecule has 0 amide bonds. The third-order valence-corrected chi connectivity index (χ3v) is 9.25. The first-order valence-corrected chi connectivity index (χ1v) is 8.54. The van der Waals surface area contributed by atoms with Crippen LogP contribution in [0.3, 0.4) is 0 Å². The van der Waals surface area contributed by atoms with E-state index in [1.807, 2.05) is 9.36 Å². The highest BCUT2D eigenvalue weighted by molar-refractivity contribution is 5.50. The third-order valence-electron chi connectivity index (χ3n) is 9.25. The Morgan fingerprint density at radius 3 is 1.95 bits per heavy atom. The lowest BCUT2D eigenvalue weighted by molar-refractivity contribution is -0.0268. The topological polar surface area (TPSA) is 48.9 Å². The molecule has 1 aromatic heterocycles. The minimum absolute atomic E-state index is 0.0486. The molecular weight excluding hydrogens is 266 g/mol. The van der Waals surface area contributed by atoms with Gasteiger partial charge in [-0.25, -0.2) is 23.5 Å². The molecule has 0 radical (unpaired) electrons. The lowest BCUT2D eigenvalue weighted by Crippen LogP contribution is -2.53. The van der Waals surface area contributed by atoms with Gasteiger partial charge in [0.1, 0.15) is 0 Å². The smallest absolute Gasteiger partial charge is 0.246 e. The Balaban J connectivity index is 1.55. The number of rotatable bonds is 0. The Morgan fingerprint density at radius 2 is 1.43 bits per heavy atom. The van der Waals surface area contributed by atoms with E-state index in [1.54, 1.807) is 7.05 Å². The summed E-state index contributed by atoms with van der Waals surface area (Å²) in [5, 5.41) is 0. The molecule has 6 fully saturated rings. The van der Waals surface area contributed by atoms with Gasteiger partial charge in [-0.2, -0.15) is 0 Å². The predicted molar refractivity (Wildman–Crippen MR) is 71.7 cm³/mol. The largest absolute Gasteiger partial charge is 0.347 e. The first-order chi connectivity index (χ1) is 10.1. The average molecular weight is 283 g/mol. The number of hydrogen-bond acceptors (Lipinski definition) is 2. The SMILES string of the molecule is Cn1c(=O)n2n(c1=O)[C@H]1[C@H]3C4C5[C@]6(C[C@H]7C[C@H]7C[C@@]516)[C@@H]2[C@@H]43. The van der Waals surface area contributed by atoms with Crippen LogP contribution in [0.2, 0.25) is 0 Å². The molecule has 8 aliphatic rings. The molecule has 21 heavy (non-hydrogen) atoms. The van der Waals surface area contributed by atoms with Crippen LogP contribution in [0.5, 0.6) is 0 Å². The van der Waals surface area contributed by atoms with E-state index >= 15 is 0 Å². The second-order valence-electron chi connectivity index (χ2n) is 9.16. The standard InChI is InChI=1S/C16H17N3O2/c1-17-13(20)18-11-8-7-9(8)12(19(18)14(17)21)16-4-6-2-5(6)3-15(11,16)10(7)16/h5-12H,2-4H2,1H3/t5-,6+,7?,8-,9-,10?,11-,12-,15+,16+/m0/s1. The van der Waals surface area contributed by atoms with Crippen LogP contribution in [0.25, 0.3) is 0 Å². The van der Waals surface area contributed by atoms with Crippen molar-refractivity contribution >= 4 is 0 Å². The lowest BCUT2D eigenvalue weighted by atomic mass is 9.65. The van der Waals surface area contributed by atoms with Crippen molar-refractivity contribution in [2.75, 3.05) is 0 Å². The second kappa shape index (κ2) is 2.12. The van der Waals surface area contributed by atoms with Crippen LogP contribution in [0, 0.1) is 46.3 Å². The fourth-order valence-corrected chi connectivity index (χ4v) is 9.04. The van der Waals surface area contributed by atoms with E-state index in [2.05, 4.69) is 0 Å². The fourth-order valence-electron chi connectivity index (χ4n) is 9.04. The minimum atomic E-state index is -0.0486. The zero-order valence-electron chi connectivity index (χ0n) is 11.9. The zero-order chi connectivity index (χ0) is 13.6. The molecule has 2 aliphatic heterocycles. The maximum Gasteiger partial charge on any atom is 0.347 e. The zero-order valence-corrected chi connectivity index (χ0v) is 11.9. The van der Waals surface area contributed by atoms with Crippen LogP contribution in [0.15, 0.2) is 9.59 Å². The molecule has 9 rings (SSSR count). The van der Waals surface area contributed by atoms with E-state index in [4.69, 9.17) is 0 Å². The van der Waals surface area contributed by atoms with Gasteiger partial charge in [0, 0.05) is 17.9 Å². The third kappa shape index (κ3) is 0.573. The highest BCUT2D eigenvalue weighted by atomic mass is 16.2. The van der Waals surface area contributed by atoms with Crippen LogP contribution in [-0.4, -0.2) is 13.9 Å². The average Bonchev–Trinajstić information content (AvgIpc) is 3.37. The van der Waals surface area contributed by atoms with Crippen molar-refractivity contribution < 1.29 is 0 Å². The Hall–Kier alpha value is -1.26. The van der Waals surface area contributed by atoms with Gasteiger partial charge in [-0.1, -0.05) is 0 Å². The highest BCUT2D eigenvalue weighted by Gasteiger charge is 3.04. The van der Waals surface area contributed by atoms with Gasteiger partial charge in [0.15, 0.2) is 0 Å². The predicted octanol–water partition coefficient (Wildman–Crippen LogP) is 0.366. The van der Waals surface area contributed by atoms with Crippen molar-refractivity contribution in [3.63, 3.8) is 0 Å². The summed E-state index contributed by atoms with van der Waals surface area (Å²) in [7, 11) is 1.66. The first kappa shape index (κ1) is 9.70. The molecule has 108 valence electrons. The van der Waals surface area contributed by atoms with Crippen LogP contribution >= 0.6 is 0 Å². The molecule has 0 N–H and O–H groups in total. The normalized spacial score (nSPS) is 67.5. The minimum Gasteiger partial charge on any atom is -0.246 e. The number of nitrogens with zero attached hydrogens (tertiary/aromatic N) is 3. The summed E-state index contributed by atoms with van der Waals surface area (Å²) < 4.78 is 5.22. The van der Waals surface area contributed by atoms with Crippen molar-refractivity contribution in [3.05, 3.63) is 21.0 Å². The summed E-state index contributed by atoms with van der Waals surface area (Å²) in [5.74, 6) is 5.15. The van der Waals surface area contributed by atoms with E-state index in [1.165, 1.54) is 23.8 Å². The number of fused-ring (bicyclic) bond motifs is 1. The van der Waals surface area contributed by atoms with E-state index in [-0.39, 0.29) is 11.4 Å². The van der Waals surface area contributed by atoms with E-state index in [0.29, 0.717) is 22.9 Å². The summed E-state index contributed by atoms with van der Waals surface area (Å²) in [6.07, 6.45) is 4.18. The first-order valence-electron chi connectivity index (χ1n) is 8.54. The monoisotopic (exact) mass is 283 g/mol. The molecule has 2 bridgehead atoms. The van der Waals surface area contributed by atoms with Crippen molar-refractivity contribution in [1.29, 1.82) is 0 Å². The molecule has 2 spiro atoms. The summed E-state index contributed by atoms with van der Waals surface area (Å²) in [6.45, 7) is 0. The van der Waals surface area contributed by atoms with Gasteiger partial charge >= 0.3 is 11.4 Å². The van der Waals surface area contributed by atoms with Crippen LogP contribution in [0.4, 0.5) is 0 Å². The van der Waals surface area contributed by atoms with E-state index < -0.39 is 0 Å². The van der Waals surface area contributed by atoms with Crippen molar-refractivity contribution in [2.45, 2.75) is 31.3 Å². The summed E-state index contributed by atoms with van der Waals surface area (Å²) in [4.78, 5) is 25.3. The van der Waals surface area contributed by atoms with Crippen LogP contribution in [-0.2, 0) is 7.05 Å². The maximum atomic E-state index is 12.6. The van der Waals surface area contributed by atoms with Crippen molar-refractivity contribution in [2.24, 2.45) is 53.4 Å². The fraction of sp³-hybridized carbons (Fsp3) is 0.875. The highest BCUT2D eigenvalue weighted by Crippen LogP contribution is 3.06. The summed E-state index contributed by atoms with van der Waals surface area (Å²) >= 11 is 0. The Labute approximate surface area is 120 Å². The molecule has 0 aromatic carbocycles. The van der Waals surface area contributed by atoms with Crippen molar-refractivity contribution in [3.8, 4) is 0 Å². The van der Waals surface area contributed by atoms with Gasteiger partial charge < -0.3 is 0 Å². The van der Waals surface area contributed by atoms with Crippen LogP contribution < -0.4 is 11.4 Å². The molecule has 5 heteroatoms. The van der Waals surface area contributed by atoms with Crippen molar-refractivity contribution in [1.82, 2.24) is 13.9 Å². The molecule has 3 heterocycles. The maximum absolute atomic E-state index is 12.6. The Bertz CT molecular complexity index is 853. The van der Waals surface area contributed by atoms with E-state index in [9.17, 15) is 9.59 Å². The molecule has 1 aromatic rings. The van der Waals surface area contributed by atoms with Gasteiger partial charge in [-0.15, -0.1) is 0 Å². The molecular formula is C16H17N3O2. The van der Waals surface area contributed by atoms with Gasteiger partial charge in [-0.05, 0) is 54.8 Å². The summed E-state index contributed by atoms with van der Waals surface area (Å²) in [6, 6.07) is 0.760. The van der Waals surface area contributed by atoms with E-state index in [0.717, 1.165) is 35.5 Å². The molecule has 0 saturated heterocycles. The second-order valence-corrected chi connectivity index (χ2v) is 9.16. The lowest BCUT2D eigenvalue weighted by Gasteiger charge is -2.50. The van der Waals surface area contributed by atoms with Gasteiger partial charge in [0.25, 0.3) is 0 Å². The molecule has 5 nitrogen and oxygen atoms in total. The number of aromatic nitrogens is 3. The molecule has 6 aliphatic carbocycles. The summed E-state index contributed by atoms with van der Waals surface area (Å²) in [5.41, 5.74) is 0.786.